The fraction of sp³-hybridized carbons (Fsp3) is 0.364. The first-order valence-corrected chi connectivity index (χ1v) is 9.36. The average Bonchev–Trinajstić information content (AvgIpc) is 2.68. The van der Waals surface area contributed by atoms with Gasteiger partial charge in [-0.1, -0.05) is 19.1 Å². The molecule has 5 heteroatoms. The Balaban J connectivity index is 1.58. The zero-order valence-electron chi connectivity index (χ0n) is 15.9. The standard InChI is InChI=1S/C22H26N2O3/c1-16-4-3-13-24(14-16)15-17-5-7-18(8-6-17)21(25)23-20-11-9-19(10-12-20)22(26)27-2/h5-12,16H,3-4,13-15H2,1-2H3,(H,23,25). The third-order valence-electron chi connectivity index (χ3n) is 4.93. The summed E-state index contributed by atoms with van der Waals surface area (Å²) >= 11 is 0. The summed E-state index contributed by atoms with van der Waals surface area (Å²) < 4.78 is 4.67. The first kappa shape index (κ1) is 19.1. The summed E-state index contributed by atoms with van der Waals surface area (Å²) in [5.74, 6) is 0.194. The highest BCUT2D eigenvalue weighted by molar-refractivity contribution is 6.04. The molecule has 1 fully saturated rings. The minimum Gasteiger partial charge on any atom is -0.465 e. The molecule has 0 aliphatic carbocycles. The van der Waals surface area contributed by atoms with Crippen LogP contribution in [0.5, 0.6) is 0 Å². The number of hydrogen-bond acceptors (Lipinski definition) is 4. The molecule has 2 aromatic rings. The maximum absolute atomic E-state index is 12.4. The van der Waals surface area contributed by atoms with Crippen molar-refractivity contribution < 1.29 is 14.3 Å². The van der Waals surface area contributed by atoms with Gasteiger partial charge >= 0.3 is 5.97 Å². The van der Waals surface area contributed by atoms with E-state index >= 15 is 0 Å². The minimum absolute atomic E-state index is 0.168. The van der Waals surface area contributed by atoms with Crippen molar-refractivity contribution in [3.63, 3.8) is 0 Å². The van der Waals surface area contributed by atoms with Crippen LogP contribution in [0.4, 0.5) is 5.69 Å². The molecule has 1 unspecified atom stereocenters. The molecule has 0 aromatic heterocycles. The summed E-state index contributed by atoms with van der Waals surface area (Å²) in [6.07, 6.45) is 2.58. The van der Waals surface area contributed by atoms with E-state index in [1.807, 2.05) is 24.3 Å². The van der Waals surface area contributed by atoms with E-state index in [1.165, 1.54) is 25.5 Å². The monoisotopic (exact) mass is 366 g/mol. The number of nitrogens with zero attached hydrogens (tertiary/aromatic N) is 1. The van der Waals surface area contributed by atoms with Crippen molar-refractivity contribution in [2.24, 2.45) is 5.92 Å². The van der Waals surface area contributed by atoms with Crippen LogP contribution in [-0.2, 0) is 11.3 Å². The van der Waals surface area contributed by atoms with Crippen molar-refractivity contribution in [3.8, 4) is 0 Å². The maximum Gasteiger partial charge on any atom is 0.337 e. The molecule has 0 spiro atoms. The molecule has 1 heterocycles. The lowest BCUT2D eigenvalue weighted by Crippen LogP contribution is -2.33. The van der Waals surface area contributed by atoms with E-state index in [0.29, 0.717) is 16.8 Å². The Bertz CT molecular complexity index is 784. The van der Waals surface area contributed by atoms with Gasteiger partial charge in [0.15, 0.2) is 0 Å². The van der Waals surface area contributed by atoms with E-state index in [-0.39, 0.29) is 5.91 Å². The molecule has 0 bridgehead atoms. The molecular formula is C22H26N2O3. The van der Waals surface area contributed by atoms with Crippen molar-refractivity contribution in [2.45, 2.75) is 26.3 Å². The summed E-state index contributed by atoms with van der Waals surface area (Å²) in [6.45, 7) is 5.52. The Kier molecular flexibility index (Phi) is 6.24. The lowest BCUT2D eigenvalue weighted by Gasteiger charge is -2.30. The van der Waals surface area contributed by atoms with Gasteiger partial charge in [-0.05, 0) is 67.3 Å². The van der Waals surface area contributed by atoms with Gasteiger partial charge in [0.2, 0.25) is 0 Å². The van der Waals surface area contributed by atoms with Crippen molar-refractivity contribution in [2.75, 3.05) is 25.5 Å². The molecule has 1 amide bonds. The number of carbonyl (C=O) groups is 2. The summed E-state index contributed by atoms with van der Waals surface area (Å²) in [6, 6.07) is 14.4. The van der Waals surface area contributed by atoms with E-state index in [0.717, 1.165) is 25.6 Å². The highest BCUT2D eigenvalue weighted by Gasteiger charge is 2.16. The van der Waals surface area contributed by atoms with Crippen LogP contribution in [0, 0.1) is 5.92 Å². The van der Waals surface area contributed by atoms with Gasteiger partial charge in [0, 0.05) is 24.3 Å². The zero-order chi connectivity index (χ0) is 19.2. The maximum atomic E-state index is 12.4. The molecule has 1 aliphatic rings. The number of rotatable bonds is 5. The number of esters is 1. The number of anilines is 1. The summed E-state index contributed by atoms with van der Waals surface area (Å²) in [5.41, 5.74) is 2.93. The van der Waals surface area contributed by atoms with Crippen LogP contribution in [0.1, 0.15) is 46.0 Å². The Hall–Kier alpha value is -2.66. The van der Waals surface area contributed by atoms with Crippen LogP contribution in [0.25, 0.3) is 0 Å². The van der Waals surface area contributed by atoms with Gasteiger partial charge in [0.25, 0.3) is 5.91 Å². The largest absolute Gasteiger partial charge is 0.465 e. The quantitative estimate of drug-likeness (QED) is 0.814. The molecule has 0 radical (unpaired) electrons. The van der Waals surface area contributed by atoms with E-state index in [4.69, 9.17) is 0 Å². The molecule has 27 heavy (non-hydrogen) atoms. The SMILES string of the molecule is COC(=O)c1ccc(NC(=O)c2ccc(CN3CCCC(C)C3)cc2)cc1. The highest BCUT2D eigenvalue weighted by atomic mass is 16.5. The Labute approximate surface area is 160 Å². The Morgan fingerprint density at radius 3 is 2.37 bits per heavy atom. The van der Waals surface area contributed by atoms with Gasteiger partial charge in [-0.15, -0.1) is 0 Å². The normalized spacial score (nSPS) is 17.3. The minimum atomic E-state index is -0.397. The highest BCUT2D eigenvalue weighted by Crippen LogP contribution is 2.18. The number of piperidine rings is 1. The molecule has 1 saturated heterocycles. The van der Waals surface area contributed by atoms with Crippen LogP contribution >= 0.6 is 0 Å². The third kappa shape index (κ3) is 5.17. The van der Waals surface area contributed by atoms with E-state index < -0.39 is 5.97 Å². The number of ether oxygens (including phenoxy) is 1. The molecule has 1 atom stereocenters. The number of hydrogen-bond donors (Lipinski definition) is 1. The molecule has 2 aromatic carbocycles. The number of nitrogens with one attached hydrogen (secondary N) is 1. The molecule has 5 nitrogen and oxygen atoms in total. The average molecular weight is 366 g/mol. The number of methoxy groups -OCH3 is 1. The second kappa shape index (κ2) is 8.82. The first-order valence-electron chi connectivity index (χ1n) is 9.36. The molecule has 3 rings (SSSR count). The van der Waals surface area contributed by atoms with Crippen molar-refractivity contribution in [1.29, 1.82) is 0 Å². The smallest absolute Gasteiger partial charge is 0.337 e. The van der Waals surface area contributed by atoms with Gasteiger partial charge in [0.1, 0.15) is 0 Å². The van der Waals surface area contributed by atoms with Crippen LogP contribution in [0.15, 0.2) is 48.5 Å². The van der Waals surface area contributed by atoms with Crippen LogP contribution < -0.4 is 5.32 Å². The topological polar surface area (TPSA) is 58.6 Å². The molecule has 1 N–H and O–H groups in total. The number of amides is 1. The van der Waals surface area contributed by atoms with Crippen molar-refractivity contribution in [1.82, 2.24) is 4.90 Å². The van der Waals surface area contributed by atoms with Gasteiger partial charge in [-0.25, -0.2) is 4.79 Å². The van der Waals surface area contributed by atoms with Crippen molar-refractivity contribution >= 4 is 17.6 Å². The van der Waals surface area contributed by atoms with Gasteiger partial charge < -0.3 is 10.1 Å². The fourth-order valence-electron chi connectivity index (χ4n) is 3.46. The Morgan fingerprint density at radius 1 is 1.07 bits per heavy atom. The third-order valence-corrected chi connectivity index (χ3v) is 4.93. The second-order valence-electron chi connectivity index (χ2n) is 7.20. The summed E-state index contributed by atoms with van der Waals surface area (Å²) in [7, 11) is 1.34. The number of carbonyl (C=O) groups excluding carboxylic acids is 2. The number of likely N-dealkylation sites (tertiary alicyclic amines) is 1. The van der Waals surface area contributed by atoms with E-state index in [1.54, 1.807) is 24.3 Å². The van der Waals surface area contributed by atoms with Gasteiger partial charge in [-0.3, -0.25) is 9.69 Å². The lowest BCUT2D eigenvalue weighted by molar-refractivity contribution is 0.0600. The van der Waals surface area contributed by atoms with E-state index in [2.05, 4.69) is 21.9 Å². The van der Waals surface area contributed by atoms with Crippen LogP contribution in [-0.4, -0.2) is 37.0 Å². The van der Waals surface area contributed by atoms with Crippen LogP contribution in [0.2, 0.25) is 0 Å². The zero-order valence-corrected chi connectivity index (χ0v) is 15.9. The van der Waals surface area contributed by atoms with E-state index in [9.17, 15) is 9.59 Å². The fourth-order valence-corrected chi connectivity index (χ4v) is 3.46. The summed E-state index contributed by atoms with van der Waals surface area (Å²) in [5, 5.41) is 2.85. The second-order valence-corrected chi connectivity index (χ2v) is 7.20. The summed E-state index contributed by atoms with van der Waals surface area (Å²) in [4.78, 5) is 26.3. The lowest BCUT2D eigenvalue weighted by atomic mass is 9.99. The predicted molar refractivity (Wildman–Crippen MR) is 106 cm³/mol. The number of benzene rings is 2. The molecule has 0 saturated carbocycles. The molecule has 1 aliphatic heterocycles. The molecule has 142 valence electrons. The molecular weight excluding hydrogens is 340 g/mol. The van der Waals surface area contributed by atoms with Crippen molar-refractivity contribution in [3.05, 3.63) is 65.2 Å². The van der Waals surface area contributed by atoms with Gasteiger partial charge in [0.05, 0.1) is 12.7 Å². The first-order chi connectivity index (χ1) is 13.0. The predicted octanol–water partition coefficient (Wildman–Crippen LogP) is 3.96. The van der Waals surface area contributed by atoms with Crippen LogP contribution in [0.3, 0.4) is 0 Å². The van der Waals surface area contributed by atoms with Gasteiger partial charge in [-0.2, -0.15) is 0 Å². The Morgan fingerprint density at radius 2 is 1.74 bits per heavy atom.